The van der Waals surface area contributed by atoms with Crippen LogP contribution in [0.4, 0.5) is 0 Å². The molecule has 1 aliphatic rings. The van der Waals surface area contributed by atoms with E-state index in [1.165, 1.54) is 12.8 Å². The number of methoxy groups -OCH3 is 1. The average Bonchev–Trinajstić information content (AvgIpc) is 2.82. The van der Waals surface area contributed by atoms with Gasteiger partial charge in [-0.2, -0.15) is 0 Å². The number of hydrogen-bond acceptors (Lipinski definition) is 3. The number of benzene rings is 1. The third-order valence-electron chi connectivity index (χ3n) is 4.27. The molecular weight excluding hydrogens is 276 g/mol. The molecule has 1 aromatic heterocycles. The zero-order chi connectivity index (χ0) is 15.5. The van der Waals surface area contributed by atoms with Gasteiger partial charge in [0.15, 0.2) is 0 Å². The van der Waals surface area contributed by atoms with Crippen LogP contribution in [0.15, 0.2) is 24.3 Å². The third-order valence-corrected chi connectivity index (χ3v) is 4.27. The quantitative estimate of drug-likeness (QED) is 0.851. The van der Waals surface area contributed by atoms with Crippen molar-refractivity contribution < 1.29 is 9.53 Å². The second-order valence-corrected chi connectivity index (χ2v) is 5.90. The highest BCUT2D eigenvalue weighted by Gasteiger charge is 2.20. The van der Waals surface area contributed by atoms with Crippen LogP contribution in [0, 0.1) is 6.92 Å². The lowest BCUT2D eigenvalue weighted by Crippen LogP contribution is -2.32. The molecule has 0 bridgehead atoms. The summed E-state index contributed by atoms with van der Waals surface area (Å²) in [5.74, 6) is 0.890. The minimum atomic E-state index is 0.127. The minimum absolute atomic E-state index is 0.127. The zero-order valence-corrected chi connectivity index (χ0v) is 13.3. The predicted octanol–water partition coefficient (Wildman–Crippen LogP) is 3.57. The van der Waals surface area contributed by atoms with E-state index >= 15 is 0 Å². The van der Waals surface area contributed by atoms with Gasteiger partial charge in [-0.25, -0.2) is 0 Å². The Morgan fingerprint density at radius 2 is 1.86 bits per heavy atom. The van der Waals surface area contributed by atoms with Crippen LogP contribution in [0.1, 0.15) is 41.7 Å². The molecule has 1 amide bonds. The summed E-state index contributed by atoms with van der Waals surface area (Å²) < 4.78 is 5.26. The maximum Gasteiger partial charge on any atom is 0.254 e. The van der Waals surface area contributed by atoms with E-state index in [0.717, 1.165) is 53.8 Å². The molecule has 1 aromatic carbocycles. The molecule has 0 N–H and O–H groups in total. The average molecular weight is 298 g/mol. The first kappa shape index (κ1) is 14.8. The Morgan fingerprint density at radius 1 is 1.14 bits per heavy atom. The first-order valence-corrected chi connectivity index (χ1v) is 7.94. The van der Waals surface area contributed by atoms with Gasteiger partial charge in [-0.3, -0.25) is 9.78 Å². The summed E-state index contributed by atoms with van der Waals surface area (Å²) in [6.07, 6.45) is 4.64. The summed E-state index contributed by atoms with van der Waals surface area (Å²) in [5, 5.41) is 0.903. The molecule has 0 spiro atoms. The molecule has 4 heteroatoms. The van der Waals surface area contributed by atoms with E-state index in [4.69, 9.17) is 4.74 Å². The van der Waals surface area contributed by atoms with Crippen LogP contribution in [0.25, 0.3) is 10.9 Å². The van der Waals surface area contributed by atoms with Crippen molar-refractivity contribution in [2.75, 3.05) is 20.2 Å². The van der Waals surface area contributed by atoms with Gasteiger partial charge in [0.1, 0.15) is 5.75 Å². The van der Waals surface area contributed by atoms with Crippen molar-refractivity contribution in [3.8, 4) is 5.75 Å². The van der Waals surface area contributed by atoms with E-state index in [1.807, 2.05) is 36.1 Å². The highest BCUT2D eigenvalue weighted by Crippen LogP contribution is 2.25. The number of amides is 1. The van der Waals surface area contributed by atoms with E-state index in [-0.39, 0.29) is 5.91 Å². The fourth-order valence-electron chi connectivity index (χ4n) is 3.09. The van der Waals surface area contributed by atoms with Crippen LogP contribution < -0.4 is 4.74 Å². The van der Waals surface area contributed by atoms with Gasteiger partial charge in [0.05, 0.1) is 18.2 Å². The number of aryl methyl sites for hydroxylation is 1. The lowest BCUT2D eigenvalue weighted by molar-refractivity contribution is 0.0763. The highest BCUT2D eigenvalue weighted by molar-refractivity contribution is 6.06. The van der Waals surface area contributed by atoms with E-state index in [0.29, 0.717) is 0 Å². The molecule has 0 radical (unpaired) electrons. The normalized spacial score (nSPS) is 15.6. The third kappa shape index (κ3) is 2.91. The maximum absolute atomic E-state index is 12.9. The van der Waals surface area contributed by atoms with Gasteiger partial charge in [-0.15, -0.1) is 0 Å². The molecular formula is C18H22N2O2. The van der Waals surface area contributed by atoms with Crippen molar-refractivity contribution in [2.45, 2.75) is 32.6 Å². The summed E-state index contributed by atoms with van der Waals surface area (Å²) in [7, 11) is 1.64. The molecule has 2 aromatic rings. The molecule has 2 heterocycles. The van der Waals surface area contributed by atoms with Gasteiger partial charge in [0.25, 0.3) is 5.91 Å². The van der Waals surface area contributed by atoms with Gasteiger partial charge in [-0.1, -0.05) is 12.8 Å². The van der Waals surface area contributed by atoms with Crippen molar-refractivity contribution in [1.29, 1.82) is 0 Å². The standard InChI is InChI=1S/C18H22N2O2/c1-13-11-16(18(21)20-9-5-3-4-6-10-20)15-8-7-14(22-2)12-17(15)19-13/h7-8,11-12H,3-6,9-10H2,1-2H3. The number of fused-ring (bicyclic) bond motifs is 1. The van der Waals surface area contributed by atoms with Crippen molar-refractivity contribution in [3.05, 3.63) is 35.5 Å². The number of pyridine rings is 1. The fourth-order valence-corrected chi connectivity index (χ4v) is 3.09. The second-order valence-electron chi connectivity index (χ2n) is 5.90. The van der Waals surface area contributed by atoms with Crippen LogP contribution in [0.2, 0.25) is 0 Å². The lowest BCUT2D eigenvalue weighted by atomic mass is 10.1. The number of nitrogens with zero attached hydrogens (tertiary/aromatic N) is 2. The summed E-state index contributed by atoms with van der Waals surface area (Å²) in [6.45, 7) is 3.65. The van der Waals surface area contributed by atoms with Crippen molar-refractivity contribution in [3.63, 3.8) is 0 Å². The van der Waals surface area contributed by atoms with Crippen molar-refractivity contribution in [2.24, 2.45) is 0 Å². The number of aromatic nitrogens is 1. The van der Waals surface area contributed by atoms with Crippen LogP contribution in [-0.2, 0) is 0 Å². The largest absolute Gasteiger partial charge is 0.497 e. The van der Waals surface area contributed by atoms with Gasteiger partial charge in [-0.05, 0) is 38.0 Å². The van der Waals surface area contributed by atoms with Crippen molar-refractivity contribution >= 4 is 16.8 Å². The Labute approximate surface area is 131 Å². The van der Waals surface area contributed by atoms with Crippen LogP contribution in [-0.4, -0.2) is 36.0 Å². The molecule has 3 rings (SSSR count). The van der Waals surface area contributed by atoms with Crippen LogP contribution in [0.5, 0.6) is 5.75 Å². The topological polar surface area (TPSA) is 42.4 Å². The Kier molecular flexibility index (Phi) is 4.27. The lowest BCUT2D eigenvalue weighted by Gasteiger charge is -2.21. The Balaban J connectivity index is 2.03. The number of carbonyl (C=O) groups excluding carboxylic acids is 1. The molecule has 1 aliphatic heterocycles. The predicted molar refractivity (Wildman–Crippen MR) is 87.4 cm³/mol. The SMILES string of the molecule is COc1ccc2c(C(=O)N3CCCCCC3)cc(C)nc2c1. The first-order valence-electron chi connectivity index (χ1n) is 7.94. The first-order chi connectivity index (χ1) is 10.7. The number of likely N-dealkylation sites (tertiary alicyclic amines) is 1. The molecule has 0 saturated carbocycles. The minimum Gasteiger partial charge on any atom is -0.497 e. The fraction of sp³-hybridized carbons (Fsp3) is 0.444. The van der Waals surface area contributed by atoms with E-state index in [2.05, 4.69) is 4.98 Å². The van der Waals surface area contributed by atoms with Gasteiger partial charge < -0.3 is 9.64 Å². The van der Waals surface area contributed by atoms with E-state index in [1.54, 1.807) is 7.11 Å². The molecule has 1 fully saturated rings. The zero-order valence-electron chi connectivity index (χ0n) is 13.3. The molecule has 4 nitrogen and oxygen atoms in total. The van der Waals surface area contributed by atoms with E-state index in [9.17, 15) is 4.79 Å². The number of carbonyl (C=O) groups is 1. The second kappa shape index (κ2) is 6.34. The van der Waals surface area contributed by atoms with Crippen molar-refractivity contribution in [1.82, 2.24) is 9.88 Å². The monoisotopic (exact) mass is 298 g/mol. The summed E-state index contributed by atoms with van der Waals surface area (Å²) in [6, 6.07) is 7.62. The van der Waals surface area contributed by atoms with E-state index < -0.39 is 0 Å². The van der Waals surface area contributed by atoms with Gasteiger partial charge >= 0.3 is 0 Å². The van der Waals surface area contributed by atoms with Crippen LogP contribution >= 0.6 is 0 Å². The molecule has 0 aliphatic carbocycles. The highest BCUT2D eigenvalue weighted by atomic mass is 16.5. The summed E-state index contributed by atoms with van der Waals surface area (Å²) >= 11 is 0. The Bertz CT molecular complexity index is 689. The summed E-state index contributed by atoms with van der Waals surface area (Å²) in [4.78, 5) is 19.5. The summed E-state index contributed by atoms with van der Waals surface area (Å²) in [5.41, 5.74) is 2.43. The molecule has 0 atom stereocenters. The molecule has 22 heavy (non-hydrogen) atoms. The smallest absolute Gasteiger partial charge is 0.254 e. The molecule has 1 saturated heterocycles. The molecule has 0 unspecified atom stereocenters. The van der Waals surface area contributed by atoms with Gasteiger partial charge in [0.2, 0.25) is 0 Å². The van der Waals surface area contributed by atoms with Gasteiger partial charge in [0, 0.05) is 30.2 Å². The molecule has 116 valence electrons. The number of ether oxygens (including phenoxy) is 1. The Hall–Kier alpha value is -2.10. The Morgan fingerprint density at radius 3 is 2.55 bits per heavy atom. The van der Waals surface area contributed by atoms with Crippen LogP contribution in [0.3, 0.4) is 0 Å². The number of rotatable bonds is 2. The maximum atomic E-state index is 12.9. The number of hydrogen-bond donors (Lipinski definition) is 0.